The molecule has 5 nitrogen and oxygen atoms in total. The van der Waals surface area contributed by atoms with Gasteiger partial charge in [-0.1, -0.05) is 23.9 Å². The molecule has 0 aliphatic heterocycles. The maximum Gasteiger partial charge on any atom is 0.209 e. The minimum absolute atomic E-state index is 0.131. The highest BCUT2D eigenvalue weighted by atomic mass is 32.2. The fourth-order valence-corrected chi connectivity index (χ4v) is 2.36. The summed E-state index contributed by atoms with van der Waals surface area (Å²) in [7, 11) is 0. The molecule has 76 valence electrons. The quantitative estimate of drug-likeness (QED) is 0.539. The van der Waals surface area contributed by atoms with Crippen LogP contribution < -0.4 is 5.84 Å². The van der Waals surface area contributed by atoms with Crippen molar-refractivity contribution in [3.8, 4) is 0 Å². The monoisotopic (exact) mass is 212 g/mol. The highest BCUT2D eigenvalue weighted by Crippen LogP contribution is 2.29. The molecule has 14 heavy (non-hydrogen) atoms. The third kappa shape index (κ3) is 1.91. The molecule has 0 radical (unpaired) electrons. The van der Waals surface area contributed by atoms with Crippen LogP contribution in [0.5, 0.6) is 0 Å². The average molecular weight is 212 g/mol. The minimum atomic E-state index is -0.318. The predicted molar refractivity (Wildman–Crippen MR) is 54.2 cm³/mol. The molecule has 0 spiro atoms. The summed E-state index contributed by atoms with van der Waals surface area (Å²) in [6, 6.07) is 0. The number of hydrogen-bond acceptors (Lipinski definition) is 5. The van der Waals surface area contributed by atoms with Crippen molar-refractivity contribution in [1.82, 2.24) is 14.9 Å². The number of allylic oxidation sites excluding steroid dienone is 1. The Morgan fingerprint density at radius 3 is 2.93 bits per heavy atom. The van der Waals surface area contributed by atoms with Crippen LogP contribution in [0.3, 0.4) is 0 Å². The first kappa shape index (κ1) is 9.54. The molecule has 0 fully saturated rings. The molecular formula is C8H12N4OS. The molecule has 0 amide bonds. The summed E-state index contributed by atoms with van der Waals surface area (Å²) in [5.41, 5.74) is 0. The van der Waals surface area contributed by atoms with E-state index in [0.717, 1.165) is 6.42 Å². The summed E-state index contributed by atoms with van der Waals surface area (Å²) < 4.78 is 1.37. The van der Waals surface area contributed by atoms with Crippen LogP contribution in [0, 0.1) is 0 Å². The number of nitrogens with zero attached hydrogens (tertiary/aromatic N) is 3. The number of hydrogen-bond donors (Lipinski definition) is 2. The number of aliphatic hydroxyl groups excluding tert-OH is 1. The van der Waals surface area contributed by atoms with Gasteiger partial charge in [0.25, 0.3) is 0 Å². The molecule has 0 saturated heterocycles. The van der Waals surface area contributed by atoms with E-state index in [1.54, 1.807) is 0 Å². The van der Waals surface area contributed by atoms with Gasteiger partial charge in [0.1, 0.15) is 6.33 Å². The van der Waals surface area contributed by atoms with Crippen molar-refractivity contribution in [2.45, 2.75) is 29.4 Å². The first-order valence-corrected chi connectivity index (χ1v) is 5.30. The van der Waals surface area contributed by atoms with Crippen molar-refractivity contribution in [3.05, 3.63) is 18.5 Å². The normalized spacial score (nSPS) is 26.6. The van der Waals surface area contributed by atoms with E-state index < -0.39 is 0 Å². The topological polar surface area (TPSA) is 77.0 Å². The van der Waals surface area contributed by atoms with E-state index >= 15 is 0 Å². The van der Waals surface area contributed by atoms with Gasteiger partial charge >= 0.3 is 0 Å². The predicted octanol–water partition coefficient (Wildman–Crippen LogP) is 0.163. The van der Waals surface area contributed by atoms with Crippen LogP contribution in [0.2, 0.25) is 0 Å². The van der Waals surface area contributed by atoms with Crippen LogP contribution in [0.1, 0.15) is 12.8 Å². The van der Waals surface area contributed by atoms with Crippen LogP contribution in [-0.2, 0) is 0 Å². The van der Waals surface area contributed by atoms with Gasteiger partial charge < -0.3 is 10.9 Å². The van der Waals surface area contributed by atoms with E-state index in [2.05, 4.69) is 16.3 Å². The molecule has 1 heterocycles. The summed E-state index contributed by atoms with van der Waals surface area (Å²) >= 11 is 1.47. The maximum atomic E-state index is 9.69. The second-order valence-electron chi connectivity index (χ2n) is 3.19. The highest BCUT2D eigenvalue weighted by Gasteiger charge is 2.22. The fourth-order valence-electron chi connectivity index (χ4n) is 1.35. The molecule has 6 heteroatoms. The Hall–Kier alpha value is -1.01. The van der Waals surface area contributed by atoms with Crippen molar-refractivity contribution < 1.29 is 5.11 Å². The Morgan fingerprint density at radius 2 is 2.29 bits per heavy atom. The lowest BCUT2D eigenvalue weighted by atomic mass is 10.0. The lowest BCUT2D eigenvalue weighted by Crippen LogP contribution is -2.25. The zero-order valence-electron chi connectivity index (χ0n) is 7.58. The molecule has 0 saturated carbocycles. The van der Waals surface area contributed by atoms with Crippen LogP contribution in [0.4, 0.5) is 0 Å². The van der Waals surface area contributed by atoms with Crippen molar-refractivity contribution in [1.29, 1.82) is 0 Å². The van der Waals surface area contributed by atoms with E-state index in [1.807, 2.05) is 6.08 Å². The van der Waals surface area contributed by atoms with Gasteiger partial charge in [0.2, 0.25) is 5.16 Å². The molecular weight excluding hydrogens is 200 g/mol. The molecule has 0 aromatic carbocycles. The number of rotatable bonds is 2. The summed E-state index contributed by atoms with van der Waals surface area (Å²) in [5, 5.41) is 18.0. The number of thioether (sulfide) groups is 1. The third-order valence-corrected chi connectivity index (χ3v) is 3.45. The second kappa shape index (κ2) is 4.02. The van der Waals surface area contributed by atoms with Gasteiger partial charge in [0.05, 0.1) is 6.10 Å². The largest absolute Gasteiger partial charge is 0.392 e. The maximum absolute atomic E-state index is 9.69. The second-order valence-corrected chi connectivity index (χ2v) is 4.39. The van der Waals surface area contributed by atoms with Crippen LogP contribution in [-0.4, -0.2) is 31.3 Å². The Balaban J connectivity index is 2.04. The van der Waals surface area contributed by atoms with Crippen molar-refractivity contribution in [2.24, 2.45) is 0 Å². The number of aliphatic hydroxyl groups is 1. The van der Waals surface area contributed by atoms with Gasteiger partial charge in [-0.3, -0.25) is 0 Å². The van der Waals surface area contributed by atoms with Crippen LogP contribution in [0.25, 0.3) is 0 Å². The Kier molecular flexibility index (Phi) is 2.74. The molecule has 1 aliphatic carbocycles. The van der Waals surface area contributed by atoms with Crippen molar-refractivity contribution >= 4 is 11.8 Å². The first-order valence-electron chi connectivity index (χ1n) is 4.42. The Morgan fingerprint density at radius 1 is 1.50 bits per heavy atom. The van der Waals surface area contributed by atoms with Gasteiger partial charge in [-0.05, 0) is 12.8 Å². The Labute approximate surface area is 86.0 Å². The third-order valence-electron chi connectivity index (χ3n) is 2.14. The van der Waals surface area contributed by atoms with E-state index in [9.17, 15) is 5.11 Å². The molecule has 1 aromatic heterocycles. The molecule has 3 N–H and O–H groups in total. The molecule has 1 unspecified atom stereocenters. The number of aromatic nitrogens is 3. The van der Waals surface area contributed by atoms with Gasteiger partial charge in [0, 0.05) is 5.25 Å². The molecule has 1 aromatic rings. The van der Waals surface area contributed by atoms with E-state index in [0.29, 0.717) is 11.6 Å². The average Bonchev–Trinajstić information content (AvgIpc) is 2.56. The van der Waals surface area contributed by atoms with Gasteiger partial charge in [-0.2, -0.15) is 0 Å². The fraction of sp³-hybridized carbons (Fsp3) is 0.500. The van der Waals surface area contributed by atoms with Crippen LogP contribution in [0.15, 0.2) is 23.6 Å². The lowest BCUT2D eigenvalue weighted by Gasteiger charge is -2.22. The number of nitrogen functional groups attached to an aromatic ring is 1. The standard InChI is InChI=1S/C8H12N4OS/c9-12-5-10-11-8(12)14-7-4-2-1-3-6(7)13/h1-2,5-7,13H,3-4,9H2/t6-,7?/m1/s1. The van der Waals surface area contributed by atoms with Crippen LogP contribution >= 0.6 is 11.8 Å². The SMILES string of the molecule is Nn1cnnc1SC1CC=CC[C@H]1O. The number of nitrogens with two attached hydrogens (primary N) is 1. The summed E-state index contributed by atoms with van der Waals surface area (Å²) in [4.78, 5) is 0. The lowest BCUT2D eigenvalue weighted by molar-refractivity contribution is 0.170. The first-order chi connectivity index (χ1) is 6.77. The van der Waals surface area contributed by atoms with Crippen molar-refractivity contribution in [3.63, 3.8) is 0 Å². The van der Waals surface area contributed by atoms with Crippen molar-refractivity contribution in [2.75, 3.05) is 5.84 Å². The van der Waals surface area contributed by atoms with E-state index in [-0.39, 0.29) is 11.4 Å². The van der Waals surface area contributed by atoms with E-state index in [1.165, 1.54) is 22.8 Å². The molecule has 2 rings (SSSR count). The summed E-state index contributed by atoms with van der Waals surface area (Å²) in [5.74, 6) is 5.57. The van der Waals surface area contributed by atoms with Gasteiger partial charge in [0.15, 0.2) is 0 Å². The molecule has 0 bridgehead atoms. The highest BCUT2D eigenvalue weighted by molar-refractivity contribution is 7.99. The summed E-state index contributed by atoms with van der Waals surface area (Å²) in [6.45, 7) is 0. The molecule has 1 aliphatic rings. The molecule has 2 atom stereocenters. The zero-order chi connectivity index (χ0) is 9.97. The minimum Gasteiger partial charge on any atom is -0.392 e. The summed E-state index contributed by atoms with van der Waals surface area (Å²) in [6.07, 6.45) is 6.75. The zero-order valence-corrected chi connectivity index (χ0v) is 8.39. The Bertz CT molecular complexity index is 338. The smallest absolute Gasteiger partial charge is 0.209 e. The van der Waals surface area contributed by atoms with Gasteiger partial charge in [-0.15, -0.1) is 10.2 Å². The van der Waals surface area contributed by atoms with E-state index in [4.69, 9.17) is 5.84 Å². The van der Waals surface area contributed by atoms with Gasteiger partial charge in [-0.25, -0.2) is 4.68 Å².